The average Bonchev–Trinajstić information content (AvgIpc) is 2.32. The van der Waals surface area contributed by atoms with Gasteiger partial charge >= 0.3 is 5.97 Å². The van der Waals surface area contributed by atoms with Gasteiger partial charge in [0.1, 0.15) is 5.82 Å². The quantitative estimate of drug-likeness (QED) is 0.849. The molecule has 1 unspecified atom stereocenters. The van der Waals surface area contributed by atoms with Gasteiger partial charge in [0, 0.05) is 7.11 Å². The monoisotopic (exact) mass is 275 g/mol. The van der Waals surface area contributed by atoms with Crippen molar-refractivity contribution >= 4 is 23.5 Å². The molecule has 0 spiro atoms. The van der Waals surface area contributed by atoms with E-state index >= 15 is 0 Å². The first-order chi connectivity index (χ1) is 8.47. The zero-order valence-corrected chi connectivity index (χ0v) is 10.2. The van der Waals surface area contributed by atoms with Crippen LogP contribution in [0.4, 0.5) is 4.39 Å². The summed E-state index contributed by atoms with van der Waals surface area (Å²) >= 11 is 5.62. The fourth-order valence-electron chi connectivity index (χ4n) is 1.23. The van der Waals surface area contributed by atoms with E-state index < -0.39 is 23.8 Å². The molecule has 5 nitrogen and oxygen atoms in total. The zero-order valence-electron chi connectivity index (χ0n) is 9.44. The van der Waals surface area contributed by atoms with Crippen molar-refractivity contribution in [1.29, 1.82) is 0 Å². The third kappa shape index (κ3) is 3.41. The SMILES string of the molecule is COC(CNC(=O)c1cccc(F)c1Cl)C(=O)O. The predicted molar refractivity (Wildman–Crippen MR) is 62.2 cm³/mol. The largest absolute Gasteiger partial charge is 0.479 e. The van der Waals surface area contributed by atoms with E-state index in [0.29, 0.717) is 0 Å². The molecule has 1 aromatic carbocycles. The summed E-state index contributed by atoms with van der Waals surface area (Å²) in [6.07, 6.45) is -1.17. The summed E-state index contributed by atoms with van der Waals surface area (Å²) in [6.45, 7) is -0.239. The molecule has 0 radical (unpaired) electrons. The molecule has 18 heavy (non-hydrogen) atoms. The lowest BCUT2D eigenvalue weighted by molar-refractivity contribution is -0.148. The molecule has 0 aliphatic rings. The minimum atomic E-state index is -1.21. The molecule has 0 fully saturated rings. The number of hydrogen-bond acceptors (Lipinski definition) is 3. The Morgan fingerprint density at radius 1 is 1.56 bits per heavy atom. The molecule has 0 aliphatic heterocycles. The minimum absolute atomic E-state index is 0.0584. The molecule has 98 valence electrons. The van der Waals surface area contributed by atoms with Gasteiger partial charge in [-0.1, -0.05) is 17.7 Å². The maximum atomic E-state index is 13.1. The lowest BCUT2D eigenvalue weighted by Gasteiger charge is -2.12. The van der Waals surface area contributed by atoms with Gasteiger partial charge in [-0.2, -0.15) is 0 Å². The van der Waals surface area contributed by atoms with E-state index in [2.05, 4.69) is 10.1 Å². The van der Waals surface area contributed by atoms with E-state index in [4.69, 9.17) is 16.7 Å². The summed E-state index contributed by atoms with van der Waals surface area (Å²) < 4.78 is 17.7. The molecule has 1 rings (SSSR count). The highest BCUT2D eigenvalue weighted by Gasteiger charge is 2.19. The number of carboxylic acids is 1. The number of ether oxygens (including phenoxy) is 1. The first-order valence-electron chi connectivity index (χ1n) is 4.95. The maximum Gasteiger partial charge on any atom is 0.334 e. The summed E-state index contributed by atoms with van der Waals surface area (Å²) in [5.74, 6) is -2.59. The number of aliphatic carboxylic acids is 1. The van der Waals surface area contributed by atoms with Crippen molar-refractivity contribution in [3.05, 3.63) is 34.6 Å². The molecule has 0 bridgehead atoms. The van der Waals surface area contributed by atoms with Crippen LogP contribution in [-0.4, -0.2) is 36.7 Å². The number of hydrogen-bond donors (Lipinski definition) is 2. The van der Waals surface area contributed by atoms with Crippen LogP contribution in [0.25, 0.3) is 0 Å². The Bertz CT molecular complexity index is 466. The van der Waals surface area contributed by atoms with Crippen LogP contribution in [0.15, 0.2) is 18.2 Å². The average molecular weight is 276 g/mol. The molecule has 0 aromatic heterocycles. The maximum absolute atomic E-state index is 13.1. The lowest BCUT2D eigenvalue weighted by Crippen LogP contribution is -2.37. The van der Waals surface area contributed by atoms with Gasteiger partial charge in [0.15, 0.2) is 6.10 Å². The summed E-state index contributed by atoms with van der Waals surface area (Å²) in [6, 6.07) is 3.79. The number of methoxy groups -OCH3 is 1. The van der Waals surface area contributed by atoms with Gasteiger partial charge in [-0.25, -0.2) is 9.18 Å². The van der Waals surface area contributed by atoms with Crippen LogP contribution in [0.2, 0.25) is 5.02 Å². The van der Waals surface area contributed by atoms with Crippen molar-refractivity contribution in [2.24, 2.45) is 0 Å². The molecule has 0 saturated carbocycles. The predicted octanol–water partition coefficient (Wildman–Crippen LogP) is 1.31. The Morgan fingerprint density at radius 2 is 2.22 bits per heavy atom. The molecule has 1 atom stereocenters. The number of benzene rings is 1. The highest BCUT2D eigenvalue weighted by molar-refractivity contribution is 6.34. The van der Waals surface area contributed by atoms with Crippen LogP contribution in [-0.2, 0) is 9.53 Å². The van der Waals surface area contributed by atoms with Crippen LogP contribution in [0.3, 0.4) is 0 Å². The van der Waals surface area contributed by atoms with Gasteiger partial charge in [-0.05, 0) is 12.1 Å². The van der Waals surface area contributed by atoms with Crippen molar-refractivity contribution in [2.75, 3.05) is 13.7 Å². The molecule has 1 aromatic rings. The van der Waals surface area contributed by atoms with Crippen LogP contribution < -0.4 is 5.32 Å². The Hall–Kier alpha value is -1.66. The summed E-state index contributed by atoms with van der Waals surface area (Å²) in [5.41, 5.74) is -0.0584. The molecule has 0 heterocycles. The Morgan fingerprint density at radius 3 is 2.78 bits per heavy atom. The van der Waals surface area contributed by atoms with Gasteiger partial charge in [0.2, 0.25) is 0 Å². The summed E-state index contributed by atoms with van der Waals surface area (Å²) in [4.78, 5) is 22.3. The normalized spacial score (nSPS) is 11.9. The minimum Gasteiger partial charge on any atom is -0.479 e. The number of rotatable bonds is 5. The standard InChI is InChI=1S/C11H11ClFNO4/c1-18-8(11(16)17)5-14-10(15)6-3-2-4-7(13)9(6)12/h2-4,8H,5H2,1H3,(H,14,15)(H,16,17). The third-order valence-electron chi connectivity index (χ3n) is 2.20. The van der Waals surface area contributed by atoms with Crippen LogP contribution in [0.5, 0.6) is 0 Å². The van der Waals surface area contributed by atoms with E-state index in [9.17, 15) is 14.0 Å². The number of carboxylic acid groups (broad SMARTS) is 1. The fraction of sp³-hybridized carbons (Fsp3) is 0.273. The van der Waals surface area contributed by atoms with Crippen molar-refractivity contribution < 1.29 is 23.8 Å². The van der Waals surface area contributed by atoms with Crippen LogP contribution in [0.1, 0.15) is 10.4 Å². The van der Waals surface area contributed by atoms with Gasteiger partial charge in [-0.3, -0.25) is 4.79 Å². The summed E-state index contributed by atoms with van der Waals surface area (Å²) in [5, 5.41) is 10.7. The van der Waals surface area contributed by atoms with E-state index in [1.54, 1.807) is 0 Å². The summed E-state index contributed by atoms with van der Waals surface area (Å²) in [7, 11) is 1.21. The van der Waals surface area contributed by atoms with E-state index in [-0.39, 0.29) is 17.1 Å². The second-order valence-corrected chi connectivity index (χ2v) is 3.75. The first-order valence-corrected chi connectivity index (χ1v) is 5.33. The first kappa shape index (κ1) is 14.4. The number of nitrogens with one attached hydrogen (secondary N) is 1. The Kier molecular flexibility index (Phi) is 5.06. The number of carbonyl (C=O) groups is 2. The fourth-order valence-corrected chi connectivity index (χ4v) is 1.44. The smallest absolute Gasteiger partial charge is 0.334 e. The number of amides is 1. The molecule has 0 saturated heterocycles. The zero-order chi connectivity index (χ0) is 13.7. The Labute approximate surface area is 108 Å². The van der Waals surface area contributed by atoms with Gasteiger partial charge in [-0.15, -0.1) is 0 Å². The van der Waals surface area contributed by atoms with Gasteiger partial charge in [0.05, 0.1) is 17.1 Å². The van der Waals surface area contributed by atoms with Crippen molar-refractivity contribution in [2.45, 2.75) is 6.10 Å². The lowest BCUT2D eigenvalue weighted by atomic mass is 10.2. The van der Waals surface area contributed by atoms with E-state index in [1.165, 1.54) is 19.2 Å². The third-order valence-corrected chi connectivity index (χ3v) is 2.59. The van der Waals surface area contributed by atoms with Crippen molar-refractivity contribution in [1.82, 2.24) is 5.32 Å². The molecular weight excluding hydrogens is 265 g/mol. The van der Waals surface area contributed by atoms with Crippen LogP contribution in [0, 0.1) is 5.82 Å². The molecule has 2 N–H and O–H groups in total. The second kappa shape index (κ2) is 6.32. The van der Waals surface area contributed by atoms with Gasteiger partial charge in [0.25, 0.3) is 5.91 Å². The molecular formula is C11H11ClFNO4. The molecule has 1 amide bonds. The second-order valence-electron chi connectivity index (χ2n) is 3.37. The van der Waals surface area contributed by atoms with E-state index in [1.807, 2.05) is 0 Å². The van der Waals surface area contributed by atoms with Crippen molar-refractivity contribution in [3.63, 3.8) is 0 Å². The highest BCUT2D eigenvalue weighted by Crippen LogP contribution is 2.19. The number of carbonyl (C=O) groups excluding carboxylic acids is 1. The number of halogens is 2. The van der Waals surface area contributed by atoms with Crippen molar-refractivity contribution in [3.8, 4) is 0 Å². The molecule has 0 aliphatic carbocycles. The topological polar surface area (TPSA) is 75.6 Å². The van der Waals surface area contributed by atoms with Gasteiger partial charge < -0.3 is 15.2 Å². The van der Waals surface area contributed by atoms with E-state index in [0.717, 1.165) is 6.07 Å². The highest BCUT2D eigenvalue weighted by atomic mass is 35.5. The Balaban J connectivity index is 2.71. The van der Waals surface area contributed by atoms with Crippen LogP contribution >= 0.6 is 11.6 Å². The molecule has 7 heteroatoms.